The highest BCUT2D eigenvalue weighted by Gasteiger charge is 2.37. The van der Waals surface area contributed by atoms with Gasteiger partial charge in [0.15, 0.2) is 11.6 Å². The molecular formula is C19H16Cl2N4OS. The molecule has 4 rings (SSSR count). The van der Waals surface area contributed by atoms with Crippen LogP contribution >= 0.6 is 35.0 Å². The van der Waals surface area contributed by atoms with E-state index in [2.05, 4.69) is 15.6 Å². The topological polar surface area (TPSA) is 59.8 Å². The normalized spacial score (nSPS) is 18.6. The van der Waals surface area contributed by atoms with Crippen LogP contribution in [0.1, 0.15) is 34.7 Å². The minimum Gasteiger partial charge on any atom is -0.313 e. The van der Waals surface area contributed by atoms with E-state index in [0.29, 0.717) is 20.8 Å². The van der Waals surface area contributed by atoms with Crippen LogP contribution in [0, 0.1) is 0 Å². The number of hydrogen-bond acceptors (Lipinski definition) is 5. The Morgan fingerprint density at radius 1 is 1.07 bits per heavy atom. The number of ketones is 1. The molecule has 0 spiro atoms. The molecule has 2 heterocycles. The first kappa shape index (κ1) is 18.3. The highest BCUT2D eigenvalue weighted by Crippen LogP contribution is 2.39. The van der Waals surface area contributed by atoms with Gasteiger partial charge in [-0.25, -0.2) is 4.68 Å². The van der Waals surface area contributed by atoms with Crippen LogP contribution in [0.25, 0.3) is 0 Å². The van der Waals surface area contributed by atoms with Gasteiger partial charge in [0, 0.05) is 22.0 Å². The lowest BCUT2D eigenvalue weighted by atomic mass is 9.97. The lowest BCUT2D eigenvalue weighted by Crippen LogP contribution is -2.39. The van der Waals surface area contributed by atoms with E-state index >= 15 is 0 Å². The first-order chi connectivity index (χ1) is 13.1. The molecule has 0 saturated heterocycles. The fourth-order valence-corrected chi connectivity index (χ4v) is 4.45. The summed E-state index contributed by atoms with van der Waals surface area (Å²) in [5.41, 5.74) is 5.01. The van der Waals surface area contributed by atoms with Crippen LogP contribution in [-0.4, -0.2) is 25.9 Å². The van der Waals surface area contributed by atoms with Crippen molar-refractivity contribution in [3.8, 4) is 0 Å². The van der Waals surface area contributed by atoms with Crippen molar-refractivity contribution in [3.63, 3.8) is 0 Å². The lowest BCUT2D eigenvalue weighted by Gasteiger charge is -2.33. The Bertz CT molecular complexity index is 972. The second-order valence-corrected chi connectivity index (χ2v) is 8.14. The Hall–Kier alpha value is -2.02. The molecule has 2 atom stereocenters. The van der Waals surface area contributed by atoms with E-state index in [1.807, 2.05) is 35.9 Å². The third kappa shape index (κ3) is 3.57. The molecule has 3 aromatic rings. The highest BCUT2D eigenvalue weighted by molar-refractivity contribution is 8.00. The van der Waals surface area contributed by atoms with E-state index < -0.39 is 5.25 Å². The SMILES string of the molecule is CCc1nnc2n1N[C@@H](c1ccc(Cl)cc1)[C@@H](C(=O)c1ccc(Cl)cc1)S2. The molecule has 0 amide bonds. The number of halogens is 2. The number of carbonyl (C=O) groups excluding carboxylic acids is 1. The van der Waals surface area contributed by atoms with Crippen molar-refractivity contribution in [3.05, 3.63) is 75.5 Å². The summed E-state index contributed by atoms with van der Waals surface area (Å²) in [6.07, 6.45) is 0.740. The third-order valence-electron chi connectivity index (χ3n) is 4.44. The predicted molar refractivity (Wildman–Crippen MR) is 108 cm³/mol. The quantitative estimate of drug-likeness (QED) is 0.617. The van der Waals surface area contributed by atoms with Gasteiger partial charge in [-0.05, 0) is 42.0 Å². The molecule has 5 nitrogen and oxygen atoms in total. The maximum absolute atomic E-state index is 13.3. The molecule has 0 radical (unpaired) electrons. The monoisotopic (exact) mass is 418 g/mol. The Balaban J connectivity index is 1.75. The first-order valence-corrected chi connectivity index (χ1v) is 10.1. The van der Waals surface area contributed by atoms with Crippen molar-refractivity contribution >= 4 is 40.7 Å². The van der Waals surface area contributed by atoms with E-state index in [1.54, 1.807) is 24.3 Å². The van der Waals surface area contributed by atoms with Crippen LogP contribution in [0.15, 0.2) is 53.7 Å². The fraction of sp³-hybridized carbons (Fsp3) is 0.211. The summed E-state index contributed by atoms with van der Waals surface area (Å²) >= 11 is 13.4. The summed E-state index contributed by atoms with van der Waals surface area (Å²) in [5, 5.41) is 9.99. The zero-order valence-corrected chi connectivity index (χ0v) is 16.7. The van der Waals surface area contributed by atoms with Gasteiger partial charge < -0.3 is 5.43 Å². The van der Waals surface area contributed by atoms with Crippen molar-refractivity contribution in [2.24, 2.45) is 0 Å². The van der Waals surface area contributed by atoms with Crippen LogP contribution in [0.4, 0.5) is 0 Å². The number of Topliss-reactive ketones (excluding diaryl/α,β-unsaturated/α-hetero) is 1. The van der Waals surface area contributed by atoms with Crippen molar-refractivity contribution < 1.29 is 4.79 Å². The second-order valence-electron chi connectivity index (χ2n) is 6.16. The van der Waals surface area contributed by atoms with Gasteiger partial charge in [0.2, 0.25) is 5.16 Å². The van der Waals surface area contributed by atoms with Gasteiger partial charge in [0.1, 0.15) is 5.25 Å². The molecule has 0 saturated carbocycles. The van der Waals surface area contributed by atoms with Gasteiger partial charge >= 0.3 is 0 Å². The zero-order valence-electron chi connectivity index (χ0n) is 14.4. The Kier molecular flexibility index (Phi) is 5.12. The van der Waals surface area contributed by atoms with Gasteiger partial charge in [-0.1, -0.05) is 54.0 Å². The summed E-state index contributed by atoms with van der Waals surface area (Å²) in [7, 11) is 0. The van der Waals surface area contributed by atoms with E-state index in [1.165, 1.54) is 11.8 Å². The number of aromatic nitrogens is 3. The first-order valence-electron chi connectivity index (χ1n) is 8.49. The number of rotatable bonds is 4. The predicted octanol–water partition coefficient (Wildman–Crippen LogP) is 4.79. The smallest absolute Gasteiger partial charge is 0.210 e. The molecule has 1 N–H and O–H groups in total. The van der Waals surface area contributed by atoms with Gasteiger partial charge in [-0.3, -0.25) is 4.79 Å². The van der Waals surface area contributed by atoms with Crippen molar-refractivity contribution in [2.45, 2.75) is 29.8 Å². The molecule has 27 heavy (non-hydrogen) atoms. The molecule has 0 unspecified atom stereocenters. The molecule has 1 aliphatic heterocycles. The Morgan fingerprint density at radius 3 is 2.33 bits per heavy atom. The fourth-order valence-electron chi connectivity index (χ4n) is 3.03. The molecular weight excluding hydrogens is 403 g/mol. The number of fused-ring (bicyclic) bond motifs is 1. The van der Waals surface area contributed by atoms with E-state index in [9.17, 15) is 4.79 Å². The number of benzene rings is 2. The molecule has 1 aromatic heterocycles. The Labute approximate surface area is 171 Å². The van der Waals surface area contributed by atoms with Crippen LogP contribution in [0.2, 0.25) is 10.0 Å². The van der Waals surface area contributed by atoms with Crippen LogP contribution < -0.4 is 5.43 Å². The van der Waals surface area contributed by atoms with Crippen LogP contribution in [0.5, 0.6) is 0 Å². The van der Waals surface area contributed by atoms with Gasteiger partial charge in [-0.2, -0.15) is 0 Å². The van der Waals surface area contributed by atoms with E-state index in [-0.39, 0.29) is 11.8 Å². The van der Waals surface area contributed by atoms with Gasteiger partial charge in [-0.15, -0.1) is 10.2 Å². The number of nitrogens with one attached hydrogen (secondary N) is 1. The lowest BCUT2D eigenvalue weighted by molar-refractivity contribution is 0.0980. The molecule has 2 aromatic carbocycles. The molecule has 0 bridgehead atoms. The average Bonchev–Trinajstić information content (AvgIpc) is 3.10. The highest BCUT2D eigenvalue weighted by atomic mass is 35.5. The minimum absolute atomic E-state index is 0.0106. The minimum atomic E-state index is -0.395. The number of hydrogen-bond donors (Lipinski definition) is 1. The second kappa shape index (κ2) is 7.54. The van der Waals surface area contributed by atoms with E-state index in [4.69, 9.17) is 23.2 Å². The zero-order chi connectivity index (χ0) is 19.0. The largest absolute Gasteiger partial charge is 0.313 e. The average molecular weight is 419 g/mol. The molecule has 0 fully saturated rings. The molecule has 138 valence electrons. The number of carbonyl (C=O) groups is 1. The standard InChI is InChI=1S/C19H16Cl2N4OS/c1-2-15-22-23-19-25(15)24-16(11-3-7-13(20)8-4-11)18(27-19)17(26)12-5-9-14(21)10-6-12/h3-10,16,18,24H,2H2,1H3/t16-,18-/m0/s1. The number of nitrogens with zero attached hydrogens (tertiary/aromatic N) is 3. The Morgan fingerprint density at radius 2 is 1.70 bits per heavy atom. The summed E-state index contributed by atoms with van der Waals surface area (Å²) < 4.78 is 1.87. The summed E-state index contributed by atoms with van der Waals surface area (Å²) in [5.74, 6) is 0.838. The van der Waals surface area contributed by atoms with E-state index in [0.717, 1.165) is 17.8 Å². The van der Waals surface area contributed by atoms with Crippen molar-refractivity contribution in [1.82, 2.24) is 14.9 Å². The molecule has 0 aliphatic carbocycles. The molecule has 8 heteroatoms. The van der Waals surface area contributed by atoms with Gasteiger partial charge in [0.25, 0.3) is 0 Å². The maximum Gasteiger partial charge on any atom is 0.210 e. The molecule has 1 aliphatic rings. The van der Waals surface area contributed by atoms with Crippen LogP contribution in [-0.2, 0) is 6.42 Å². The van der Waals surface area contributed by atoms with Gasteiger partial charge in [0.05, 0.1) is 6.04 Å². The van der Waals surface area contributed by atoms with Crippen LogP contribution in [0.3, 0.4) is 0 Å². The summed E-state index contributed by atoms with van der Waals surface area (Å²) in [6.45, 7) is 2.02. The number of thioether (sulfide) groups is 1. The maximum atomic E-state index is 13.3. The van der Waals surface area contributed by atoms with Crippen molar-refractivity contribution in [2.75, 3.05) is 5.43 Å². The van der Waals surface area contributed by atoms with Crippen molar-refractivity contribution in [1.29, 1.82) is 0 Å². The number of aryl methyl sites for hydroxylation is 1. The summed E-state index contributed by atoms with van der Waals surface area (Å²) in [4.78, 5) is 13.3. The third-order valence-corrected chi connectivity index (χ3v) is 6.16. The summed E-state index contributed by atoms with van der Waals surface area (Å²) in [6, 6.07) is 14.2.